The predicted octanol–water partition coefficient (Wildman–Crippen LogP) is 7.32. The van der Waals surface area contributed by atoms with Gasteiger partial charge in [0.2, 0.25) is 0 Å². The van der Waals surface area contributed by atoms with E-state index in [2.05, 4.69) is 86.0 Å². The average Bonchev–Trinajstić information content (AvgIpc) is 2.84. The van der Waals surface area contributed by atoms with Crippen molar-refractivity contribution in [2.45, 2.75) is 66.5 Å². The molecule has 0 bridgehead atoms. The van der Waals surface area contributed by atoms with Crippen LogP contribution in [0.3, 0.4) is 0 Å². The fourth-order valence-electron chi connectivity index (χ4n) is 3.82. The topological polar surface area (TPSA) is 6.48 Å². The van der Waals surface area contributed by atoms with Crippen LogP contribution in [0.5, 0.6) is 0 Å². The third-order valence-electron chi connectivity index (χ3n) is 6.12. The lowest BCUT2D eigenvalue weighted by Gasteiger charge is -2.18. The smallest absolute Gasteiger partial charge is 0.0233 e. The van der Waals surface area contributed by atoms with E-state index >= 15 is 0 Å². The number of rotatable bonds is 17. The van der Waals surface area contributed by atoms with Crippen LogP contribution in [0.2, 0.25) is 0 Å². The van der Waals surface area contributed by atoms with Gasteiger partial charge in [-0.1, -0.05) is 97.8 Å². The molecule has 0 aromatic heterocycles. The van der Waals surface area contributed by atoms with Crippen LogP contribution in [-0.4, -0.2) is 47.5 Å². The molecule has 2 rings (SSSR count). The number of hydrogen-bond donors (Lipinski definition) is 0. The zero-order valence-corrected chi connectivity index (χ0v) is 22.4. The Balaban J connectivity index is 1.52. The van der Waals surface area contributed by atoms with Crippen molar-refractivity contribution >= 4 is 21.6 Å². The van der Waals surface area contributed by atoms with Crippen molar-refractivity contribution in [3.8, 4) is 0 Å². The number of nitrogens with zero attached hydrogens (tertiary/aromatic N) is 2. The van der Waals surface area contributed by atoms with Gasteiger partial charge in [-0.3, -0.25) is 9.80 Å². The SMILES string of the molecule is CCN(CC)Cc1ccc(CCCSSCCCc2ccc(CN(CC)CC)cc2)cc1. The van der Waals surface area contributed by atoms with E-state index in [4.69, 9.17) is 0 Å². The van der Waals surface area contributed by atoms with Crippen molar-refractivity contribution in [2.24, 2.45) is 0 Å². The third-order valence-corrected chi connectivity index (χ3v) is 8.69. The van der Waals surface area contributed by atoms with Crippen LogP contribution in [0.1, 0.15) is 62.8 Å². The van der Waals surface area contributed by atoms with Crippen molar-refractivity contribution in [1.82, 2.24) is 9.80 Å². The van der Waals surface area contributed by atoms with Gasteiger partial charge in [-0.25, -0.2) is 0 Å². The number of aryl methyl sites for hydroxylation is 2. The van der Waals surface area contributed by atoms with Crippen molar-refractivity contribution < 1.29 is 0 Å². The molecular weight excluding hydrogens is 428 g/mol. The van der Waals surface area contributed by atoms with E-state index in [0.29, 0.717) is 0 Å². The molecule has 0 unspecified atom stereocenters. The Bertz CT molecular complexity index is 644. The normalized spacial score (nSPS) is 11.6. The second-order valence-corrected chi connectivity index (χ2v) is 11.1. The fraction of sp³-hybridized carbons (Fsp3) is 0.571. The molecule has 0 atom stereocenters. The van der Waals surface area contributed by atoms with Crippen LogP contribution in [0, 0.1) is 0 Å². The molecule has 0 N–H and O–H groups in total. The second-order valence-electron chi connectivity index (χ2n) is 8.41. The van der Waals surface area contributed by atoms with Crippen molar-refractivity contribution in [3.63, 3.8) is 0 Å². The molecule has 32 heavy (non-hydrogen) atoms. The molecule has 0 saturated carbocycles. The van der Waals surface area contributed by atoms with E-state index in [1.807, 2.05) is 21.6 Å². The van der Waals surface area contributed by atoms with Gasteiger partial charge in [-0.2, -0.15) is 0 Å². The Morgan fingerprint density at radius 1 is 0.500 bits per heavy atom. The molecule has 0 amide bonds. The van der Waals surface area contributed by atoms with Gasteiger partial charge in [0, 0.05) is 24.6 Å². The average molecular weight is 473 g/mol. The third kappa shape index (κ3) is 10.8. The Labute approximate surface area is 205 Å². The number of benzene rings is 2. The van der Waals surface area contributed by atoms with E-state index in [1.165, 1.54) is 59.4 Å². The van der Waals surface area contributed by atoms with Gasteiger partial charge in [0.15, 0.2) is 0 Å². The van der Waals surface area contributed by atoms with Crippen molar-refractivity contribution in [3.05, 3.63) is 70.8 Å². The predicted molar refractivity (Wildman–Crippen MR) is 148 cm³/mol. The summed E-state index contributed by atoms with van der Waals surface area (Å²) in [7, 11) is 4.09. The summed E-state index contributed by atoms with van der Waals surface area (Å²) in [4.78, 5) is 4.93. The first-order valence-electron chi connectivity index (χ1n) is 12.5. The summed E-state index contributed by atoms with van der Waals surface area (Å²) in [6.45, 7) is 15.6. The molecule has 2 aromatic rings. The minimum absolute atomic E-state index is 1.07. The monoisotopic (exact) mass is 472 g/mol. The molecule has 0 radical (unpaired) electrons. The zero-order chi connectivity index (χ0) is 23.0. The van der Waals surface area contributed by atoms with Crippen LogP contribution < -0.4 is 0 Å². The Kier molecular flexibility index (Phi) is 14.2. The van der Waals surface area contributed by atoms with Gasteiger partial charge in [-0.05, 0) is 74.1 Å². The van der Waals surface area contributed by atoms with Gasteiger partial charge < -0.3 is 0 Å². The molecule has 178 valence electrons. The summed E-state index contributed by atoms with van der Waals surface area (Å²) >= 11 is 0. The molecule has 0 fully saturated rings. The van der Waals surface area contributed by atoms with Gasteiger partial charge >= 0.3 is 0 Å². The Morgan fingerprint density at radius 2 is 0.812 bits per heavy atom. The van der Waals surface area contributed by atoms with E-state index in [-0.39, 0.29) is 0 Å². The summed E-state index contributed by atoms with van der Waals surface area (Å²) < 4.78 is 0. The highest BCUT2D eigenvalue weighted by molar-refractivity contribution is 8.76. The Morgan fingerprint density at radius 3 is 1.12 bits per heavy atom. The molecule has 0 saturated heterocycles. The first kappa shape index (κ1) is 27.3. The standard InChI is InChI=1S/C28H44N2S2/c1-5-29(6-2)23-27-17-13-25(14-18-27)11-9-21-31-32-22-10-12-26-15-19-28(20-16-26)24-30(7-3)8-4/h13-20H,5-12,21-24H2,1-4H3. The molecule has 4 heteroatoms. The maximum absolute atomic E-state index is 2.46. The molecule has 0 aliphatic heterocycles. The van der Waals surface area contributed by atoms with Crippen LogP contribution in [0.4, 0.5) is 0 Å². The summed E-state index contributed by atoms with van der Waals surface area (Å²) in [5, 5.41) is 0. The van der Waals surface area contributed by atoms with E-state index in [0.717, 1.165) is 39.3 Å². The van der Waals surface area contributed by atoms with E-state index < -0.39 is 0 Å². The molecule has 0 spiro atoms. The lowest BCUT2D eigenvalue weighted by molar-refractivity contribution is 0.296. The lowest BCUT2D eigenvalue weighted by atomic mass is 10.1. The summed E-state index contributed by atoms with van der Waals surface area (Å²) in [5.74, 6) is 2.48. The van der Waals surface area contributed by atoms with Crippen LogP contribution in [-0.2, 0) is 25.9 Å². The highest BCUT2D eigenvalue weighted by Gasteiger charge is 2.03. The molecule has 0 heterocycles. The van der Waals surface area contributed by atoms with Crippen LogP contribution in [0.25, 0.3) is 0 Å². The molecule has 2 nitrogen and oxygen atoms in total. The quantitative estimate of drug-likeness (QED) is 0.176. The summed E-state index contributed by atoms with van der Waals surface area (Å²) in [5.41, 5.74) is 5.81. The van der Waals surface area contributed by atoms with Gasteiger partial charge in [0.25, 0.3) is 0 Å². The second kappa shape index (κ2) is 16.6. The van der Waals surface area contributed by atoms with Gasteiger partial charge in [0.05, 0.1) is 0 Å². The van der Waals surface area contributed by atoms with Crippen LogP contribution >= 0.6 is 21.6 Å². The number of hydrogen-bond acceptors (Lipinski definition) is 4. The molecule has 0 aliphatic carbocycles. The largest absolute Gasteiger partial charge is 0.300 e. The summed E-state index contributed by atoms with van der Waals surface area (Å²) in [6, 6.07) is 18.5. The van der Waals surface area contributed by atoms with Crippen molar-refractivity contribution in [2.75, 3.05) is 37.7 Å². The lowest BCUT2D eigenvalue weighted by Crippen LogP contribution is -2.22. The highest BCUT2D eigenvalue weighted by Crippen LogP contribution is 2.24. The van der Waals surface area contributed by atoms with Crippen molar-refractivity contribution in [1.29, 1.82) is 0 Å². The first-order valence-corrected chi connectivity index (χ1v) is 15.0. The maximum Gasteiger partial charge on any atom is 0.0233 e. The van der Waals surface area contributed by atoms with E-state index in [9.17, 15) is 0 Å². The molecular formula is C28H44N2S2. The highest BCUT2D eigenvalue weighted by atomic mass is 33.1. The fourth-order valence-corrected chi connectivity index (χ4v) is 6.00. The Hall–Kier alpha value is -0.940. The molecule has 2 aromatic carbocycles. The zero-order valence-electron chi connectivity index (χ0n) is 20.8. The van der Waals surface area contributed by atoms with E-state index in [1.54, 1.807) is 0 Å². The minimum atomic E-state index is 1.07. The first-order chi connectivity index (χ1) is 15.7. The minimum Gasteiger partial charge on any atom is -0.300 e. The van der Waals surface area contributed by atoms with Gasteiger partial charge in [-0.15, -0.1) is 0 Å². The van der Waals surface area contributed by atoms with Crippen LogP contribution in [0.15, 0.2) is 48.5 Å². The summed E-state index contributed by atoms with van der Waals surface area (Å²) in [6.07, 6.45) is 4.92. The molecule has 0 aliphatic rings. The maximum atomic E-state index is 2.46. The van der Waals surface area contributed by atoms with Gasteiger partial charge in [0.1, 0.15) is 0 Å².